The average Bonchev–Trinajstić information content (AvgIpc) is 3.34. The van der Waals surface area contributed by atoms with Gasteiger partial charge in [0.1, 0.15) is 11.3 Å². The Kier molecular flexibility index (Phi) is 7.63. The molecule has 1 N–H and O–H groups in total. The summed E-state index contributed by atoms with van der Waals surface area (Å²) in [6.07, 6.45) is -2.61. The molecule has 0 bridgehead atoms. The van der Waals surface area contributed by atoms with E-state index in [0.29, 0.717) is 43.9 Å². The number of pyridine rings is 1. The number of carbonyl (C=O) groups excluding carboxylic acids is 1. The van der Waals surface area contributed by atoms with E-state index in [0.717, 1.165) is 36.0 Å². The van der Waals surface area contributed by atoms with Gasteiger partial charge in [0.05, 0.1) is 11.3 Å². The number of rotatable bonds is 7. The van der Waals surface area contributed by atoms with Gasteiger partial charge in [-0.15, -0.1) is 0 Å². The molecule has 1 aliphatic heterocycles. The van der Waals surface area contributed by atoms with Gasteiger partial charge in [-0.05, 0) is 60.5 Å². The number of imidazole rings is 1. The highest BCUT2D eigenvalue weighted by atomic mass is 19.4. The van der Waals surface area contributed by atoms with Crippen molar-refractivity contribution in [3.05, 3.63) is 94.9 Å². The lowest BCUT2D eigenvalue weighted by molar-refractivity contribution is -0.137. The van der Waals surface area contributed by atoms with Gasteiger partial charge < -0.3 is 15.1 Å². The maximum absolute atomic E-state index is 13.9. The standard InChI is InChI=1S/C30H30F5N5O/c1-3-25-27(40-19-22(29(2,31)32)8-13-26(40)37-25)28(41)36-18-20-4-9-23(10-5-20)38-14-16-39(17-15-38)24-11-6-21(7-12-24)30(33,34)35/h4-13,19H,3,14-18H2,1-2H3,(H,36,41). The van der Waals surface area contributed by atoms with Crippen LogP contribution in [0.4, 0.5) is 33.3 Å². The SMILES string of the molecule is CCc1nc2ccc(C(C)(F)F)cn2c1C(=O)NCc1ccc(N2CCN(c3ccc(C(F)(F)F)cc3)CC2)cc1. The van der Waals surface area contributed by atoms with Gasteiger partial charge in [-0.1, -0.05) is 19.1 Å². The van der Waals surface area contributed by atoms with Gasteiger partial charge in [-0.2, -0.15) is 13.2 Å². The van der Waals surface area contributed by atoms with Crippen LogP contribution in [0.3, 0.4) is 0 Å². The summed E-state index contributed by atoms with van der Waals surface area (Å²) in [5.74, 6) is -3.44. The molecule has 41 heavy (non-hydrogen) atoms. The fraction of sp³-hybridized carbons (Fsp3) is 0.333. The minimum atomic E-state index is -4.35. The Morgan fingerprint density at radius 1 is 0.829 bits per heavy atom. The Morgan fingerprint density at radius 3 is 1.88 bits per heavy atom. The van der Waals surface area contributed by atoms with Crippen LogP contribution in [-0.4, -0.2) is 41.5 Å². The van der Waals surface area contributed by atoms with E-state index in [1.807, 2.05) is 31.2 Å². The molecule has 6 nitrogen and oxygen atoms in total. The minimum Gasteiger partial charge on any atom is -0.368 e. The number of alkyl halides is 5. The van der Waals surface area contributed by atoms with Gasteiger partial charge in [0, 0.05) is 62.8 Å². The largest absolute Gasteiger partial charge is 0.416 e. The topological polar surface area (TPSA) is 52.9 Å². The van der Waals surface area contributed by atoms with Crippen LogP contribution in [-0.2, 0) is 25.1 Å². The van der Waals surface area contributed by atoms with Crippen LogP contribution in [0.15, 0.2) is 66.9 Å². The number of piperazine rings is 1. The molecule has 2 aromatic carbocycles. The van der Waals surface area contributed by atoms with Crippen molar-refractivity contribution in [1.29, 1.82) is 0 Å². The van der Waals surface area contributed by atoms with E-state index in [1.54, 1.807) is 0 Å². The molecule has 5 rings (SSSR count). The van der Waals surface area contributed by atoms with E-state index in [-0.39, 0.29) is 17.8 Å². The lowest BCUT2D eigenvalue weighted by Crippen LogP contribution is -2.46. The number of anilines is 2. The first kappa shape index (κ1) is 28.4. The van der Waals surface area contributed by atoms with Gasteiger partial charge in [0.25, 0.3) is 11.8 Å². The second-order valence-electron chi connectivity index (χ2n) is 10.2. The molecule has 0 radical (unpaired) electrons. The molecule has 0 saturated carbocycles. The minimum absolute atomic E-state index is 0.199. The zero-order valence-electron chi connectivity index (χ0n) is 22.7. The Labute approximate surface area is 234 Å². The summed E-state index contributed by atoms with van der Waals surface area (Å²) in [4.78, 5) is 21.8. The molecule has 1 aliphatic rings. The molecule has 3 heterocycles. The van der Waals surface area contributed by atoms with Gasteiger partial charge in [0.2, 0.25) is 0 Å². The zero-order valence-corrected chi connectivity index (χ0v) is 22.7. The molecular weight excluding hydrogens is 541 g/mol. The number of benzene rings is 2. The molecule has 4 aromatic rings. The summed E-state index contributed by atoms with van der Waals surface area (Å²) in [6.45, 7) is 5.70. The number of aryl methyl sites for hydroxylation is 1. The zero-order chi connectivity index (χ0) is 29.4. The van der Waals surface area contributed by atoms with Gasteiger partial charge in [-0.25, -0.2) is 13.8 Å². The molecule has 1 amide bonds. The fourth-order valence-electron chi connectivity index (χ4n) is 5.01. The number of hydrogen-bond acceptors (Lipinski definition) is 4. The van der Waals surface area contributed by atoms with Crippen LogP contribution in [0, 0.1) is 0 Å². The third-order valence-electron chi connectivity index (χ3n) is 7.34. The second-order valence-corrected chi connectivity index (χ2v) is 10.2. The number of nitrogens with one attached hydrogen (secondary N) is 1. The number of fused-ring (bicyclic) bond motifs is 1. The van der Waals surface area contributed by atoms with Crippen molar-refractivity contribution in [3.63, 3.8) is 0 Å². The van der Waals surface area contributed by atoms with Crippen LogP contribution >= 0.6 is 0 Å². The van der Waals surface area contributed by atoms with E-state index >= 15 is 0 Å². The predicted octanol–water partition coefficient (Wildman–Crippen LogP) is 6.28. The fourth-order valence-corrected chi connectivity index (χ4v) is 5.01. The molecule has 0 spiro atoms. The second kappa shape index (κ2) is 11.0. The maximum Gasteiger partial charge on any atom is 0.416 e. The highest BCUT2D eigenvalue weighted by Gasteiger charge is 2.30. The Morgan fingerprint density at radius 2 is 1.37 bits per heavy atom. The van der Waals surface area contributed by atoms with Gasteiger partial charge in [0.15, 0.2) is 0 Å². The number of amides is 1. The summed E-state index contributed by atoms with van der Waals surface area (Å²) < 4.78 is 67.8. The van der Waals surface area contributed by atoms with E-state index in [4.69, 9.17) is 0 Å². The molecule has 0 aliphatic carbocycles. The van der Waals surface area contributed by atoms with Crippen molar-refractivity contribution in [1.82, 2.24) is 14.7 Å². The monoisotopic (exact) mass is 571 g/mol. The summed E-state index contributed by atoms with van der Waals surface area (Å²) >= 11 is 0. The third-order valence-corrected chi connectivity index (χ3v) is 7.34. The molecule has 2 aromatic heterocycles. The molecule has 1 fully saturated rings. The lowest BCUT2D eigenvalue weighted by Gasteiger charge is -2.37. The summed E-state index contributed by atoms with van der Waals surface area (Å²) in [6, 6.07) is 15.8. The normalized spacial score (nSPS) is 14.5. The van der Waals surface area contributed by atoms with Crippen LogP contribution < -0.4 is 15.1 Å². The summed E-state index contributed by atoms with van der Waals surface area (Å²) in [7, 11) is 0. The number of carbonyl (C=O) groups is 1. The molecule has 0 unspecified atom stereocenters. The summed E-state index contributed by atoms with van der Waals surface area (Å²) in [5.41, 5.74) is 3.00. The predicted molar refractivity (Wildman–Crippen MR) is 148 cm³/mol. The van der Waals surface area contributed by atoms with Crippen LogP contribution in [0.2, 0.25) is 0 Å². The van der Waals surface area contributed by atoms with Crippen LogP contribution in [0.5, 0.6) is 0 Å². The van der Waals surface area contributed by atoms with E-state index in [1.165, 1.54) is 34.9 Å². The van der Waals surface area contributed by atoms with Gasteiger partial charge in [-0.3, -0.25) is 9.20 Å². The number of nitrogens with zero attached hydrogens (tertiary/aromatic N) is 4. The van der Waals surface area contributed by atoms with Crippen molar-refractivity contribution in [2.45, 2.75) is 38.9 Å². The lowest BCUT2D eigenvalue weighted by atomic mass is 10.1. The number of hydrogen-bond donors (Lipinski definition) is 1. The van der Waals surface area contributed by atoms with Crippen molar-refractivity contribution >= 4 is 22.9 Å². The summed E-state index contributed by atoms with van der Waals surface area (Å²) in [5, 5.41) is 2.88. The highest BCUT2D eigenvalue weighted by Crippen LogP contribution is 2.31. The number of aromatic nitrogens is 2. The molecular formula is C30H30F5N5O. The van der Waals surface area contributed by atoms with Crippen LogP contribution in [0.25, 0.3) is 5.65 Å². The van der Waals surface area contributed by atoms with Crippen molar-refractivity contribution in [2.24, 2.45) is 0 Å². The molecule has 11 heteroatoms. The molecule has 1 saturated heterocycles. The quantitative estimate of drug-likeness (QED) is 0.265. The average molecular weight is 572 g/mol. The number of halogens is 5. The van der Waals surface area contributed by atoms with Crippen LogP contribution in [0.1, 0.15) is 46.7 Å². The van der Waals surface area contributed by atoms with Gasteiger partial charge >= 0.3 is 6.18 Å². The Bertz CT molecular complexity index is 1520. The van der Waals surface area contributed by atoms with E-state index in [9.17, 15) is 26.7 Å². The first-order valence-corrected chi connectivity index (χ1v) is 13.4. The first-order valence-electron chi connectivity index (χ1n) is 13.4. The van der Waals surface area contributed by atoms with E-state index in [2.05, 4.69) is 20.1 Å². The Hall–Kier alpha value is -4.15. The molecule has 0 atom stereocenters. The Balaban J connectivity index is 1.20. The maximum atomic E-state index is 13.9. The highest BCUT2D eigenvalue weighted by molar-refractivity contribution is 5.94. The van der Waals surface area contributed by atoms with Crippen molar-refractivity contribution < 1.29 is 26.7 Å². The van der Waals surface area contributed by atoms with Crippen molar-refractivity contribution in [2.75, 3.05) is 36.0 Å². The third kappa shape index (κ3) is 6.13. The first-order chi connectivity index (χ1) is 19.4. The smallest absolute Gasteiger partial charge is 0.368 e. The van der Waals surface area contributed by atoms with E-state index < -0.39 is 23.6 Å². The molecule has 216 valence electrons. The van der Waals surface area contributed by atoms with Crippen molar-refractivity contribution in [3.8, 4) is 0 Å².